The van der Waals surface area contributed by atoms with Crippen LogP contribution in [0.25, 0.3) is 0 Å². The molecule has 0 saturated heterocycles. The molecule has 1 saturated carbocycles. The molecule has 0 radical (unpaired) electrons. The fourth-order valence-electron chi connectivity index (χ4n) is 2.91. The smallest absolute Gasteiger partial charge is 0.339 e. The van der Waals surface area contributed by atoms with Crippen LogP contribution in [0.1, 0.15) is 55.1 Å². The second kappa shape index (κ2) is 7.39. The molecule has 110 valence electrons. The lowest BCUT2D eigenvalue weighted by atomic mass is 9.94. The molecule has 1 aliphatic rings. The van der Waals surface area contributed by atoms with Crippen molar-refractivity contribution < 1.29 is 9.53 Å². The van der Waals surface area contributed by atoms with Crippen molar-refractivity contribution in [3.05, 3.63) is 29.6 Å². The fourth-order valence-corrected chi connectivity index (χ4v) is 2.91. The molecule has 2 rings (SSSR count). The summed E-state index contributed by atoms with van der Waals surface area (Å²) in [5, 5.41) is 0. The minimum Gasteiger partial charge on any atom is -0.465 e. The Morgan fingerprint density at radius 2 is 2.10 bits per heavy atom. The molecule has 1 aliphatic carbocycles. The minimum absolute atomic E-state index is 0.330. The van der Waals surface area contributed by atoms with Crippen molar-refractivity contribution in [1.29, 1.82) is 0 Å². The van der Waals surface area contributed by atoms with Crippen LogP contribution < -0.4 is 0 Å². The molecule has 20 heavy (non-hydrogen) atoms. The topological polar surface area (TPSA) is 42.4 Å². The minimum atomic E-state index is -0.330. The zero-order valence-corrected chi connectivity index (χ0v) is 12.5. The van der Waals surface area contributed by atoms with Crippen molar-refractivity contribution in [3.8, 4) is 0 Å². The molecule has 1 aromatic heterocycles. The summed E-state index contributed by atoms with van der Waals surface area (Å²) < 4.78 is 4.68. The Bertz CT molecular complexity index is 425. The molecule has 0 atom stereocenters. The molecule has 1 fully saturated rings. The first-order valence-corrected chi connectivity index (χ1v) is 7.52. The fraction of sp³-hybridized carbons (Fsp3) is 0.625. The van der Waals surface area contributed by atoms with Crippen LogP contribution in [0.5, 0.6) is 0 Å². The van der Waals surface area contributed by atoms with Crippen LogP contribution in [0, 0.1) is 0 Å². The van der Waals surface area contributed by atoms with Crippen molar-refractivity contribution in [2.24, 2.45) is 0 Å². The van der Waals surface area contributed by atoms with Crippen LogP contribution in [0.15, 0.2) is 18.3 Å². The third-order valence-corrected chi connectivity index (χ3v) is 4.11. The van der Waals surface area contributed by atoms with Gasteiger partial charge in [-0.15, -0.1) is 0 Å². The number of esters is 1. The average Bonchev–Trinajstić information content (AvgIpc) is 2.53. The lowest BCUT2D eigenvalue weighted by molar-refractivity contribution is 0.0600. The van der Waals surface area contributed by atoms with Gasteiger partial charge in [0.25, 0.3) is 0 Å². The number of carbonyl (C=O) groups is 1. The Hall–Kier alpha value is -1.42. The maximum Gasteiger partial charge on any atom is 0.339 e. The number of ether oxygens (including phenoxy) is 1. The highest BCUT2D eigenvalue weighted by Crippen LogP contribution is 2.23. The van der Waals surface area contributed by atoms with Gasteiger partial charge in [0.05, 0.1) is 18.4 Å². The van der Waals surface area contributed by atoms with Crippen LogP contribution in [0.2, 0.25) is 0 Å². The molecule has 0 aromatic carbocycles. The van der Waals surface area contributed by atoms with E-state index in [-0.39, 0.29) is 5.97 Å². The first kappa shape index (κ1) is 15.0. The highest BCUT2D eigenvalue weighted by molar-refractivity contribution is 5.88. The molecule has 0 amide bonds. The summed E-state index contributed by atoms with van der Waals surface area (Å²) in [5.41, 5.74) is 1.53. The summed E-state index contributed by atoms with van der Waals surface area (Å²) in [6.07, 6.45) is 8.27. The van der Waals surface area contributed by atoms with Gasteiger partial charge in [0.1, 0.15) is 0 Å². The molecular weight excluding hydrogens is 252 g/mol. The molecule has 0 spiro atoms. The summed E-state index contributed by atoms with van der Waals surface area (Å²) >= 11 is 0. The van der Waals surface area contributed by atoms with Gasteiger partial charge in [0.2, 0.25) is 0 Å². The highest BCUT2D eigenvalue weighted by Gasteiger charge is 2.20. The molecule has 1 aromatic rings. The van der Waals surface area contributed by atoms with Crippen molar-refractivity contribution in [3.63, 3.8) is 0 Å². The quantitative estimate of drug-likeness (QED) is 0.775. The molecule has 0 aliphatic heterocycles. The summed E-state index contributed by atoms with van der Waals surface area (Å²) in [5.74, 6) is -0.330. The third-order valence-electron chi connectivity index (χ3n) is 4.11. The normalized spacial score (nSPS) is 16.4. The van der Waals surface area contributed by atoms with Gasteiger partial charge in [-0.3, -0.25) is 9.88 Å². The molecule has 0 unspecified atom stereocenters. The lowest BCUT2D eigenvalue weighted by Gasteiger charge is -2.33. The Kier molecular flexibility index (Phi) is 5.53. The molecule has 1 heterocycles. The number of methoxy groups -OCH3 is 1. The van der Waals surface area contributed by atoms with Crippen molar-refractivity contribution in [2.45, 2.75) is 51.6 Å². The van der Waals surface area contributed by atoms with E-state index in [0.29, 0.717) is 11.6 Å². The highest BCUT2D eigenvalue weighted by atomic mass is 16.5. The van der Waals surface area contributed by atoms with E-state index in [1.54, 1.807) is 12.3 Å². The van der Waals surface area contributed by atoms with Gasteiger partial charge in [0, 0.05) is 18.8 Å². The summed E-state index contributed by atoms with van der Waals surface area (Å²) in [6.45, 7) is 4.12. The number of hydrogen-bond acceptors (Lipinski definition) is 4. The van der Waals surface area contributed by atoms with Gasteiger partial charge < -0.3 is 4.74 Å². The van der Waals surface area contributed by atoms with Crippen LogP contribution >= 0.6 is 0 Å². The number of nitrogens with zero attached hydrogens (tertiary/aromatic N) is 2. The number of carbonyl (C=O) groups excluding carboxylic acids is 1. The van der Waals surface area contributed by atoms with E-state index in [4.69, 9.17) is 0 Å². The predicted octanol–water partition coefficient (Wildman–Crippen LogP) is 3.02. The zero-order chi connectivity index (χ0) is 14.4. The molecule has 0 bridgehead atoms. The van der Waals surface area contributed by atoms with Gasteiger partial charge in [0.15, 0.2) is 0 Å². The lowest BCUT2D eigenvalue weighted by Crippen LogP contribution is -2.36. The van der Waals surface area contributed by atoms with Gasteiger partial charge in [-0.1, -0.05) is 26.2 Å². The number of pyridine rings is 1. The van der Waals surface area contributed by atoms with Gasteiger partial charge in [-0.05, 0) is 31.5 Å². The van der Waals surface area contributed by atoms with E-state index in [9.17, 15) is 4.79 Å². The van der Waals surface area contributed by atoms with E-state index in [1.165, 1.54) is 39.2 Å². The standard InChI is InChI=1S/C16H24N2O2/c1-3-18(15-7-5-4-6-8-15)12-14-10-9-13(11-17-14)16(19)20-2/h9-11,15H,3-8,12H2,1-2H3. The largest absolute Gasteiger partial charge is 0.465 e. The molecule has 0 N–H and O–H groups in total. The summed E-state index contributed by atoms with van der Waals surface area (Å²) in [4.78, 5) is 18.3. The average molecular weight is 276 g/mol. The zero-order valence-electron chi connectivity index (χ0n) is 12.5. The first-order chi connectivity index (χ1) is 9.74. The van der Waals surface area contributed by atoms with Gasteiger partial charge >= 0.3 is 5.97 Å². The van der Waals surface area contributed by atoms with E-state index < -0.39 is 0 Å². The van der Waals surface area contributed by atoms with Crippen molar-refractivity contribution in [2.75, 3.05) is 13.7 Å². The number of rotatable bonds is 5. The van der Waals surface area contributed by atoms with Crippen LogP contribution in [-0.2, 0) is 11.3 Å². The van der Waals surface area contributed by atoms with Crippen molar-refractivity contribution >= 4 is 5.97 Å². The second-order valence-corrected chi connectivity index (χ2v) is 5.38. The van der Waals surface area contributed by atoms with Crippen LogP contribution in [0.4, 0.5) is 0 Å². The SMILES string of the molecule is CCN(Cc1ccc(C(=O)OC)cn1)C1CCCCC1. The van der Waals surface area contributed by atoms with Gasteiger partial charge in [-0.2, -0.15) is 0 Å². The molecular formula is C16H24N2O2. The van der Waals surface area contributed by atoms with Crippen LogP contribution in [-0.4, -0.2) is 35.5 Å². The first-order valence-electron chi connectivity index (χ1n) is 7.52. The van der Waals surface area contributed by atoms with E-state index in [2.05, 4.69) is 21.5 Å². The Morgan fingerprint density at radius 1 is 1.35 bits per heavy atom. The maximum atomic E-state index is 11.4. The predicted molar refractivity (Wildman–Crippen MR) is 78.5 cm³/mol. The second-order valence-electron chi connectivity index (χ2n) is 5.38. The van der Waals surface area contributed by atoms with E-state index >= 15 is 0 Å². The number of aromatic nitrogens is 1. The summed E-state index contributed by atoms with van der Waals surface area (Å²) in [7, 11) is 1.39. The Balaban J connectivity index is 1.98. The molecule has 4 heteroatoms. The van der Waals surface area contributed by atoms with Crippen LogP contribution in [0.3, 0.4) is 0 Å². The Morgan fingerprint density at radius 3 is 2.65 bits per heavy atom. The van der Waals surface area contributed by atoms with E-state index in [0.717, 1.165) is 18.8 Å². The van der Waals surface area contributed by atoms with E-state index in [1.807, 2.05) is 6.07 Å². The monoisotopic (exact) mass is 276 g/mol. The molecule has 4 nitrogen and oxygen atoms in total. The van der Waals surface area contributed by atoms with Gasteiger partial charge in [-0.25, -0.2) is 4.79 Å². The Labute approximate surface area is 121 Å². The maximum absolute atomic E-state index is 11.4. The number of hydrogen-bond donors (Lipinski definition) is 0. The third kappa shape index (κ3) is 3.79. The summed E-state index contributed by atoms with van der Waals surface area (Å²) in [6, 6.07) is 4.41. The van der Waals surface area contributed by atoms with Crippen molar-refractivity contribution in [1.82, 2.24) is 9.88 Å².